The van der Waals surface area contributed by atoms with Crippen molar-refractivity contribution in [1.29, 1.82) is 5.26 Å². The van der Waals surface area contributed by atoms with E-state index >= 15 is 0 Å². The molecule has 7 atom stereocenters. The monoisotopic (exact) mass is 1290 g/mol. The number of fused-ring (bicyclic) bond motifs is 2. The van der Waals surface area contributed by atoms with Gasteiger partial charge in [0.25, 0.3) is 0 Å². The molecule has 1 unspecified atom stereocenters. The van der Waals surface area contributed by atoms with Crippen molar-refractivity contribution < 1.29 is 57.4 Å². The molecule has 3 aromatic carbocycles. The lowest BCUT2D eigenvalue weighted by Gasteiger charge is -2.42. The molecule has 3 fully saturated rings. The maximum atomic E-state index is 14.1. The van der Waals surface area contributed by atoms with Gasteiger partial charge in [-0.05, 0) is 74.2 Å². The van der Waals surface area contributed by atoms with Crippen molar-refractivity contribution in [3.63, 3.8) is 0 Å². The number of aryl methyl sites for hydroxylation is 1. The molecule has 24 heteroatoms. The lowest BCUT2D eigenvalue weighted by Crippen LogP contribution is -2.58. The van der Waals surface area contributed by atoms with Gasteiger partial charge in [0.1, 0.15) is 24.5 Å². The smallest absolute Gasteiger partial charge is 0.318 e. The molecule has 0 spiro atoms. The van der Waals surface area contributed by atoms with E-state index in [9.17, 15) is 29.5 Å². The van der Waals surface area contributed by atoms with Crippen LogP contribution in [-0.2, 0) is 60.6 Å². The number of aromatic nitrogens is 3. The molecule has 3 N–H and O–H groups in total. The number of amides is 4. The van der Waals surface area contributed by atoms with Crippen LogP contribution in [0.2, 0.25) is 0 Å². The molecule has 496 valence electrons. The number of piperazine rings is 1. The van der Waals surface area contributed by atoms with Crippen molar-refractivity contribution in [3.05, 3.63) is 107 Å². The number of ether oxygens (including phenoxy) is 7. The summed E-state index contributed by atoms with van der Waals surface area (Å²) in [5.74, 6) is -0.678. The van der Waals surface area contributed by atoms with E-state index in [1.54, 1.807) is 16.2 Å². The second-order valence-corrected chi connectivity index (χ2v) is 25.8. The Morgan fingerprint density at radius 3 is 2.18 bits per heavy atom. The van der Waals surface area contributed by atoms with Crippen LogP contribution < -0.4 is 25.2 Å². The number of hydrogen-bond acceptors (Lipinski definition) is 20. The predicted octanol–water partition coefficient (Wildman–Crippen LogP) is 6.05. The highest BCUT2D eigenvalue weighted by Gasteiger charge is 2.45. The van der Waals surface area contributed by atoms with Gasteiger partial charge in [0, 0.05) is 68.4 Å². The molecule has 4 aliphatic heterocycles. The molecular formula is C68H91N11O12S. The van der Waals surface area contributed by atoms with Crippen LogP contribution in [0.4, 0.5) is 11.5 Å². The van der Waals surface area contributed by atoms with Crippen molar-refractivity contribution >= 4 is 57.2 Å². The van der Waals surface area contributed by atoms with E-state index < -0.39 is 35.4 Å². The largest absolute Gasteiger partial charge is 0.463 e. The number of thiazole rings is 1. The van der Waals surface area contributed by atoms with Gasteiger partial charge in [-0.3, -0.25) is 19.2 Å². The van der Waals surface area contributed by atoms with Gasteiger partial charge in [-0.15, -0.1) is 11.3 Å². The summed E-state index contributed by atoms with van der Waals surface area (Å²) in [6.45, 7) is 20.4. The number of β-amino-alcohol motifs (C(OH)–C–C–N with tert-alkyl or cyclic N) is 1. The summed E-state index contributed by atoms with van der Waals surface area (Å²) < 4.78 is 40.9. The molecule has 92 heavy (non-hydrogen) atoms. The third-order valence-corrected chi connectivity index (χ3v) is 18.4. The Bertz CT molecular complexity index is 3300. The summed E-state index contributed by atoms with van der Waals surface area (Å²) in [4.78, 5) is 79.1. The second kappa shape index (κ2) is 33.6. The van der Waals surface area contributed by atoms with Crippen molar-refractivity contribution in [3.8, 4) is 22.5 Å². The highest BCUT2D eigenvalue weighted by atomic mass is 32.1. The molecule has 2 aromatic heterocycles. The summed E-state index contributed by atoms with van der Waals surface area (Å²) >= 11 is 1.57. The number of benzene rings is 3. The van der Waals surface area contributed by atoms with E-state index in [4.69, 9.17) is 43.1 Å². The number of aliphatic hydroxyl groups excluding tert-OH is 1. The second-order valence-electron chi connectivity index (χ2n) is 25.0. The minimum absolute atomic E-state index is 0.0277. The summed E-state index contributed by atoms with van der Waals surface area (Å²) in [7, 11) is 2.11. The number of aliphatic hydroxyl groups is 1. The average molecular weight is 1290 g/mol. The van der Waals surface area contributed by atoms with E-state index in [0.717, 1.165) is 76.8 Å². The lowest BCUT2D eigenvalue weighted by molar-refractivity contribution is -0.144. The molecular weight excluding hydrogens is 1190 g/mol. The average Bonchev–Trinajstić information content (AvgIpc) is 0.960. The van der Waals surface area contributed by atoms with Gasteiger partial charge in [-0.25, -0.2) is 4.98 Å². The Labute approximate surface area is 544 Å². The van der Waals surface area contributed by atoms with Gasteiger partial charge in [0.15, 0.2) is 0 Å². The quantitative estimate of drug-likeness (QED) is 0.0327. The first kappa shape index (κ1) is 69.2. The number of nitriles is 1. The first-order valence-electron chi connectivity index (χ1n) is 32.1. The molecule has 4 amide bonds. The van der Waals surface area contributed by atoms with Crippen LogP contribution in [0.15, 0.2) is 84.9 Å². The first-order chi connectivity index (χ1) is 44.5. The number of hydrogen-bond donors (Lipinski definition) is 3. The van der Waals surface area contributed by atoms with E-state index in [2.05, 4.69) is 92.5 Å². The molecule has 0 radical (unpaired) electrons. The van der Waals surface area contributed by atoms with Crippen LogP contribution in [0, 0.1) is 23.7 Å². The third kappa shape index (κ3) is 18.6. The molecule has 3 saturated heterocycles. The number of anilines is 2. The van der Waals surface area contributed by atoms with Gasteiger partial charge in [-0.1, -0.05) is 88.0 Å². The number of nitrogens with one attached hydrogen (secondary N) is 2. The zero-order valence-corrected chi connectivity index (χ0v) is 54.9. The fraction of sp³-hybridized carbons (Fsp3) is 0.559. The standard InChI is InChI=1S/C68H91N11O12S/c1-8-61(82)78-26-25-77(40-52(78)20-23-69)64-56-21-24-76(58-15-11-13-49-12-9-10-14-55(49)58)43-57(56)72-67(74-64)91-27-22-51-38-54(42-75(51)7)90-37-36-88-33-32-86-29-28-85-30-31-87-34-35-89-44-60(81)73-63(68(4,5)6)66(84)79-41-53(80)39-59(79)65(83)71-46(2)48-16-18-50(19-17-48)62-47(3)70-45-92-62/h8-19,45-46,51-54,59,63,80H,1,20-22,24-44H2,2-7H3,(H,71,83)(H,73,81)/t46-,51?,52-,53+,54+,59-,63+/m0/s1. The number of carbonyl (C=O) groups excluding carboxylic acids is 4. The molecule has 6 heterocycles. The number of carbonyl (C=O) groups is 4. The maximum absolute atomic E-state index is 14.1. The van der Waals surface area contributed by atoms with Crippen molar-refractivity contribution in [1.82, 2.24) is 40.3 Å². The molecule has 0 bridgehead atoms. The fourth-order valence-corrected chi connectivity index (χ4v) is 13.3. The highest BCUT2D eigenvalue weighted by Crippen LogP contribution is 2.36. The van der Waals surface area contributed by atoms with E-state index in [-0.39, 0.29) is 75.3 Å². The van der Waals surface area contributed by atoms with Crippen LogP contribution in [0.5, 0.6) is 6.01 Å². The van der Waals surface area contributed by atoms with Crippen molar-refractivity contribution in [2.45, 2.75) is 116 Å². The Balaban J connectivity index is 0.608. The normalized spacial score (nSPS) is 20.0. The summed E-state index contributed by atoms with van der Waals surface area (Å²) in [5, 5.41) is 28.6. The molecule has 23 nitrogen and oxygen atoms in total. The van der Waals surface area contributed by atoms with Crippen LogP contribution in [0.1, 0.15) is 81.9 Å². The van der Waals surface area contributed by atoms with Gasteiger partial charge in [0.05, 0.1) is 138 Å². The minimum Gasteiger partial charge on any atom is -0.463 e. The van der Waals surface area contributed by atoms with Gasteiger partial charge >= 0.3 is 6.01 Å². The number of nitrogens with zero attached hydrogens (tertiary/aromatic N) is 9. The zero-order chi connectivity index (χ0) is 65.2. The number of likely N-dealkylation sites (tertiary alicyclic amines) is 2. The first-order valence-corrected chi connectivity index (χ1v) is 33.0. The topological polar surface area (TPSA) is 256 Å². The summed E-state index contributed by atoms with van der Waals surface area (Å²) in [6.07, 6.45) is 3.15. The zero-order valence-electron chi connectivity index (χ0n) is 54.1. The lowest BCUT2D eigenvalue weighted by atomic mass is 9.85. The fourth-order valence-electron chi connectivity index (χ4n) is 12.4. The van der Waals surface area contributed by atoms with Crippen LogP contribution in [0.25, 0.3) is 21.2 Å². The van der Waals surface area contributed by atoms with Crippen LogP contribution in [0.3, 0.4) is 0 Å². The molecule has 0 saturated carbocycles. The molecule has 9 rings (SSSR count). The minimum atomic E-state index is -0.980. The summed E-state index contributed by atoms with van der Waals surface area (Å²) in [5.41, 5.74) is 7.15. The van der Waals surface area contributed by atoms with E-state index in [1.165, 1.54) is 21.7 Å². The molecule has 5 aromatic rings. The van der Waals surface area contributed by atoms with E-state index in [1.807, 2.05) is 64.4 Å². The Hall–Kier alpha value is -7.18. The van der Waals surface area contributed by atoms with E-state index in [0.29, 0.717) is 91.7 Å². The number of likely N-dealkylation sites (N-methyl/N-ethyl adjacent to an activating group) is 1. The van der Waals surface area contributed by atoms with Crippen molar-refractivity contribution in [2.24, 2.45) is 5.41 Å². The highest BCUT2D eigenvalue weighted by molar-refractivity contribution is 7.13. The number of rotatable bonds is 32. The van der Waals surface area contributed by atoms with Crippen molar-refractivity contribution in [2.75, 3.05) is 135 Å². The van der Waals surface area contributed by atoms with Crippen LogP contribution >= 0.6 is 11.3 Å². The molecule has 0 aliphatic carbocycles. The van der Waals surface area contributed by atoms with Gasteiger partial charge in [-0.2, -0.15) is 15.2 Å². The SMILES string of the molecule is C=CC(=O)N1CCN(c2nc(OCCC3C[C@@H](OCCOCCOCCOCCOCCOCC(=O)N[C@H](C(=O)N4C[C@H](O)C[C@H]4C(=O)N[C@@H](C)c4ccc(-c5scnc5C)cc4)C(C)(C)C)CN3C)nc3c2CCN(c2cccc4ccccc24)C3)C[C@@H]1CC#N. The summed E-state index contributed by atoms with van der Waals surface area (Å²) in [6, 6.07) is 23.1. The molecule has 4 aliphatic rings. The Morgan fingerprint density at radius 1 is 0.804 bits per heavy atom. The Morgan fingerprint density at radius 2 is 1.50 bits per heavy atom. The van der Waals surface area contributed by atoms with Gasteiger partial charge < -0.3 is 73.4 Å². The van der Waals surface area contributed by atoms with Gasteiger partial charge in [0.2, 0.25) is 23.6 Å². The third-order valence-electron chi connectivity index (χ3n) is 17.4. The predicted molar refractivity (Wildman–Crippen MR) is 350 cm³/mol. The van der Waals surface area contributed by atoms with Crippen LogP contribution in [-0.4, -0.2) is 220 Å². The Kier molecular flexibility index (Phi) is 25.3. The maximum Gasteiger partial charge on any atom is 0.318 e.